The third-order valence-electron chi connectivity index (χ3n) is 4.94. The van der Waals surface area contributed by atoms with Crippen LogP contribution in [0.5, 0.6) is 0 Å². The molecule has 0 unspecified atom stereocenters. The molecule has 1 N–H and O–H groups in total. The summed E-state index contributed by atoms with van der Waals surface area (Å²) in [5.41, 5.74) is 4.51. The molecule has 0 aliphatic rings. The van der Waals surface area contributed by atoms with E-state index >= 15 is 0 Å². The standard InChI is InChI=1S/C24H21Cl2N3O/c1-15-11-19(17(3)29(15)21-9-10-22(25)23(26)13-21)12-20(14-27)24(30)28-16(2)18-7-5-4-6-8-18/h4-13,16H,1-3H3,(H,28,30)/b20-12+/t16-/m1/s1. The maximum absolute atomic E-state index is 12.7. The van der Waals surface area contributed by atoms with Gasteiger partial charge in [-0.2, -0.15) is 5.26 Å². The third kappa shape index (κ3) is 4.59. The van der Waals surface area contributed by atoms with Crippen LogP contribution < -0.4 is 5.32 Å². The Morgan fingerprint density at radius 3 is 2.43 bits per heavy atom. The van der Waals surface area contributed by atoms with E-state index in [2.05, 4.69) is 5.32 Å². The first-order chi connectivity index (χ1) is 14.3. The van der Waals surface area contributed by atoms with E-state index in [0.717, 1.165) is 28.2 Å². The van der Waals surface area contributed by atoms with E-state index < -0.39 is 5.91 Å². The van der Waals surface area contributed by atoms with Crippen molar-refractivity contribution in [2.45, 2.75) is 26.8 Å². The summed E-state index contributed by atoms with van der Waals surface area (Å²) in [6.45, 7) is 5.77. The molecule has 0 saturated carbocycles. The molecule has 0 bridgehead atoms. The SMILES string of the molecule is Cc1cc(/C=C(\C#N)C(=O)N[C@H](C)c2ccccc2)c(C)n1-c1ccc(Cl)c(Cl)c1. The van der Waals surface area contributed by atoms with Gasteiger partial charge in [0.15, 0.2) is 0 Å². The van der Waals surface area contributed by atoms with Gasteiger partial charge >= 0.3 is 0 Å². The zero-order valence-corrected chi connectivity index (χ0v) is 18.4. The van der Waals surface area contributed by atoms with Gasteiger partial charge in [0, 0.05) is 17.1 Å². The van der Waals surface area contributed by atoms with E-state index in [1.807, 2.05) is 73.9 Å². The molecular formula is C24H21Cl2N3O. The Bertz CT molecular complexity index is 1160. The van der Waals surface area contributed by atoms with Crippen molar-refractivity contribution in [1.29, 1.82) is 5.26 Å². The topological polar surface area (TPSA) is 57.8 Å². The number of nitriles is 1. The van der Waals surface area contributed by atoms with Gasteiger partial charge in [-0.1, -0.05) is 53.5 Å². The molecule has 0 radical (unpaired) electrons. The summed E-state index contributed by atoms with van der Waals surface area (Å²) in [5, 5.41) is 13.4. The van der Waals surface area contributed by atoms with Gasteiger partial charge < -0.3 is 9.88 Å². The van der Waals surface area contributed by atoms with Crippen molar-refractivity contribution < 1.29 is 4.79 Å². The number of halogens is 2. The van der Waals surface area contributed by atoms with Crippen LogP contribution in [0.3, 0.4) is 0 Å². The van der Waals surface area contributed by atoms with Gasteiger partial charge in [0.1, 0.15) is 11.6 Å². The second-order valence-electron chi connectivity index (χ2n) is 7.04. The fourth-order valence-electron chi connectivity index (χ4n) is 3.36. The molecule has 4 nitrogen and oxygen atoms in total. The summed E-state index contributed by atoms with van der Waals surface area (Å²) in [7, 11) is 0. The molecule has 0 fully saturated rings. The van der Waals surface area contributed by atoms with Crippen LogP contribution in [0, 0.1) is 25.2 Å². The highest BCUT2D eigenvalue weighted by Gasteiger charge is 2.16. The maximum atomic E-state index is 12.7. The molecule has 3 rings (SSSR count). The minimum atomic E-state index is -0.409. The number of amides is 1. The van der Waals surface area contributed by atoms with Crippen LogP contribution in [0.2, 0.25) is 10.0 Å². The quantitative estimate of drug-likeness (QED) is 0.382. The van der Waals surface area contributed by atoms with Crippen molar-refractivity contribution in [3.63, 3.8) is 0 Å². The van der Waals surface area contributed by atoms with Crippen molar-refractivity contribution in [3.05, 3.63) is 92.7 Å². The van der Waals surface area contributed by atoms with Gasteiger partial charge in [-0.05, 0) is 62.2 Å². The molecule has 1 atom stereocenters. The summed E-state index contributed by atoms with van der Waals surface area (Å²) >= 11 is 12.2. The normalized spacial score (nSPS) is 12.3. The lowest BCUT2D eigenvalue weighted by molar-refractivity contribution is -0.117. The van der Waals surface area contributed by atoms with Crippen LogP contribution >= 0.6 is 23.2 Å². The first-order valence-electron chi connectivity index (χ1n) is 9.43. The van der Waals surface area contributed by atoms with E-state index in [4.69, 9.17) is 23.2 Å². The molecule has 1 amide bonds. The zero-order chi connectivity index (χ0) is 21.8. The van der Waals surface area contributed by atoms with E-state index in [1.54, 1.807) is 18.2 Å². The van der Waals surface area contributed by atoms with Crippen LogP contribution in [0.1, 0.15) is 35.5 Å². The van der Waals surface area contributed by atoms with E-state index in [-0.39, 0.29) is 11.6 Å². The minimum Gasteiger partial charge on any atom is -0.345 e. The van der Waals surface area contributed by atoms with Crippen molar-refractivity contribution in [3.8, 4) is 11.8 Å². The molecule has 0 saturated heterocycles. The average Bonchev–Trinajstić information content (AvgIpc) is 3.01. The molecule has 1 aromatic heterocycles. The monoisotopic (exact) mass is 437 g/mol. The number of hydrogen-bond acceptors (Lipinski definition) is 2. The molecule has 3 aromatic rings. The molecule has 152 valence electrons. The first-order valence-corrected chi connectivity index (χ1v) is 10.2. The second kappa shape index (κ2) is 9.21. The number of rotatable bonds is 5. The number of hydrogen-bond donors (Lipinski definition) is 1. The number of aromatic nitrogens is 1. The Kier molecular flexibility index (Phi) is 6.66. The molecule has 0 aliphatic carbocycles. The summed E-state index contributed by atoms with van der Waals surface area (Å²) in [5.74, 6) is -0.409. The number of carbonyl (C=O) groups excluding carboxylic acids is 1. The third-order valence-corrected chi connectivity index (χ3v) is 5.68. The first kappa shape index (κ1) is 21.7. The molecule has 0 spiro atoms. The van der Waals surface area contributed by atoms with Crippen molar-refractivity contribution >= 4 is 35.2 Å². The number of benzene rings is 2. The highest BCUT2D eigenvalue weighted by atomic mass is 35.5. The Morgan fingerprint density at radius 1 is 1.10 bits per heavy atom. The summed E-state index contributed by atoms with van der Waals surface area (Å²) in [6, 6.07) is 18.8. The van der Waals surface area contributed by atoms with Crippen molar-refractivity contribution in [2.24, 2.45) is 0 Å². The number of nitrogens with zero attached hydrogens (tertiary/aromatic N) is 2. The molecule has 0 aliphatic heterocycles. The molecule has 30 heavy (non-hydrogen) atoms. The predicted molar refractivity (Wildman–Crippen MR) is 122 cm³/mol. The van der Waals surface area contributed by atoms with Crippen LogP contribution in [0.25, 0.3) is 11.8 Å². The summed E-state index contributed by atoms with van der Waals surface area (Å²) in [4.78, 5) is 12.7. The zero-order valence-electron chi connectivity index (χ0n) is 16.9. The molecule has 1 heterocycles. The van der Waals surface area contributed by atoms with Gasteiger partial charge in [-0.3, -0.25) is 4.79 Å². The van der Waals surface area contributed by atoms with E-state index in [0.29, 0.717) is 10.0 Å². The summed E-state index contributed by atoms with van der Waals surface area (Å²) < 4.78 is 2.01. The highest BCUT2D eigenvalue weighted by molar-refractivity contribution is 6.42. The van der Waals surface area contributed by atoms with Crippen molar-refractivity contribution in [1.82, 2.24) is 9.88 Å². The fourth-order valence-corrected chi connectivity index (χ4v) is 3.65. The van der Waals surface area contributed by atoms with Crippen molar-refractivity contribution in [2.75, 3.05) is 0 Å². The van der Waals surface area contributed by atoms with Gasteiger partial charge in [-0.15, -0.1) is 0 Å². The Balaban J connectivity index is 1.90. The molecule has 6 heteroatoms. The van der Waals surface area contributed by atoms with Gasteiger partial charge in [0.2, 0.25) is 0 Å². The fraction of sp³-hybridized carbons (Fsp3) is 0.167. The van der Waals surface area contributed by atoms with Crippen LogP contribution in [-0.4, -0.2) is 10.5 Å². The number of carbonyl (C=O) groups is 1. The molecule has 2 aromatic carbocycles. The summed E-state index contributed by atoms with van der Waals surface area (Å²) in [6.07, 6.45) is 1.61. The van der Waals surface area contributed by atoms with E-state index in [9.17, 15) is 10.1 Å². The number of aryl methyl sites for hydroxylation is 1. The predicted octanol–water partition coefficient (Wildman–Crippen LogP) is 6.19. The lowest BCUT2D eigenvalue weighted by atomic mass is 10.1. The smallest absolute Gasteiger partial charge is 0.262 e. The largest absolute Gasteiger partial charge is 0.345 e. The van der Waals surface area contributed by atoms with Crippen LogP contribution in [0.15, 0.2) is 60.2 Å². The van der Waals surface area contributed by atoms with Gasteiger partial charge in [0.25, 0.3) is 5.91 Å². The van der Waals surface area contributed by atoms with E-state index in [1.165, 1.54) is 0 Å². The lowest BCUT2D eigenvalue weighted by Gasteiger charge is -2.14. The highest BCUT2D eigenvalue weighted by Crippen LogP contribution is 2.28. The number of nitrogens with one attached hydrogen (secondary N) is 1. The maximum Gasteiger partial charge on any atom is 0.262 e. The molecular weight excluding hydrogens is 417 g/mol. The van der Waals surface area contributed by atoms with Crippen LogP contribution in [-0.2, 0) is 4.79 Å². The lowest BCUT2D eigenvalue weighted by Crippen LogP contribution is -2.27. The minimum absolute atomic E-state index is 0.0483. The van der Waals surface area contributed by atoms with Crippen LogP contribution in [0.4, 0.5) is 0 Å². The Labute approximate surface area is 186 Å². The average molecular weight is 438 g/mol. The van der Waals surface area contributed by atoms with Gasteiger partial charge in [-0.25, -0.2) is 0 Å². The van der Waals surface area contributed by atoms with Gasteiger partial charge in [0.05, 0.1) is 16.1 Å². The Morgan fingerprint density at radius 2 is 1.80 bits per heavy atom. The Hall–Kier alpha value is -3.00. The second-order valence-corrected chi connectivity index (χ2v) is 7.85.